The molecule has 0 saturated heterocycles. The third kappa shape index (κ3) is 4.64. The Bertz CT molecular complexity index is 289. The summed E-state index contributed by atoms with van der Waals surface area (Å²) in [7, 11) is 0. The minimum atomic E-state index is 0.599. The average Bonchev–Trinajstić information content (AvgIpc) is 2.34. The molecule has 0 unspecified atom stereocenters. The van der Waals surface area contributed by atoms with Gasteiger partial charge in [-0.05, 0) is 31.0 Å². The maximum Gasteiger partial charge on any atom is 0.122 e. The number of para-hydroxylation sites is 1. The molecule has 1 rings (SSSR count). The van der Waals surface area contributed by atoms with Crippen molar-refractivity contribution in [1.82, 2.24) is 0 Å². The van der Waals surface area contributed by atoms with Crippen LogP contribution < -0.4 is 10.5 Å². The van der Waals surface area contributed by atoms with Gasteiger partial charge in [0.1, 0.15) is 12.4 Å². The summed E-state index contributed by atoms with van der Waals surface area (Å²) in [6, 6.07) is 8.11. The molecule has 0 atom stereocenters. The van der Waals surface area contributed by atoms with Crippen LogP contribution in [0.5, 0.6) is 5.75 Å². The normalized spacial score (nSPS) is 10.4. The second-order valence-electron chi connectivity index (χ2n) is 3.56. The quantitative estimate of drug-likeness (QED) is 0.685. The van der Waals surface area contributed by atoms with Gasteiger partial charge in [0.15, 0.2) is 0 Å². The second-order valence-corrected chi connectivity index (χ2v) is 3.56. The van der Waals surface area contributed by atoms with Crippen LogP contribution in [0.2, 0.25) is 0 Å². The van der Waals surface area contributed by atoms with E-state index in [0.717, 1.165) is 25.2 Å². The summed E-state index contributed by atoms with van der Waals surface area (Å²) in [5, 5.41) is 0. The summed E-state index contributed by atoms with van der Waals surface area (Å²) < 4.78 is 11.0. The second kappa shape index (κ2) is 8.13. The number of nitrogens with two attached hydrogens (primary N) is 1. The van der Waals surface area contributed by atoms with E-state index in [1.807, 2.05) is 18.2 Å². The number of rotatable bonds is 8. The summed E-state index contributed by atoms with van der Waals surface area (Å²) in [6.45, 7) is 4.74. The highest BCUT2D eigenvalue weighted by atomic mass is 16.5. The fourth-order valence-electron chi connectivity index (χ4n) is 1.43. The number of hydrogen-bond donors (Lipinski definition) is 1. The molecule has 16 heavy (non-hydrogen) atoms. The largest absolute Gasteiger partial charge is 0.491 e. The molecule has 3 heteroatoms. The Balaban J connectivity index is 2.21. The summed E-state index contributed by atoms with van der Waals surface area (Å²) in [5.41, 5.74) is 6.60. The standard InChI is InChI=1S/C13H21NO2/c1-2-12-6-3-4-7-13(12)16-11-10-15-9-5-8-14/h3-4,6-7H,2,5,8-11,14H2,1H3. The molecule has 0 fully saturated rings. The molecule has 0 aliphatic rings. The number of hydrogen-bond acceptors (Lipinski definition) is 3. The van der Waals surface area contributed by atoms with Crippen LogP contribution >= 0.6 is 0 Å². The Morgan fingerprint density at radius 1 is 1.12 bits per heavy atom. The van der Waals surface area contributed by atoms with Gasteiger partial charge in [0.05, 0.1) is 6.61 Å². The molecule has 1 aromatic rings. The molecular weight excluding hydrogens is 202 g/mol. The molecule has 0 amide bonds. The van der Waals surface area contributed by atoms with Crippen LogP contribution in [0.4, 0.5) is 0 Å². The third-order valence-electron chi connectivity index (χ3n) is 2.33. The molecule has 0 aliphatic carbocycles. The highest BCUT2D eigenvalue weighted by Gasteiger charge is 1.99. The molecule has 0 heterocycles. The molecule has 0 aliphatic heterocycles. The molecule has 0 spiro atoms. The molecule has 3 nitrogen and oxygen atoms in total. The minimum absolute atomic E-state index is 0.599. The van der Waals surface area contributed by atoms with Crippen molar-refractivity contribution < 1.29 is 9.47 Å². The van der Waals surface area contributed by atoms with Crippen LogP contribution in [-0.4, -0.2) is 26.4 Å². The highest BCUT2D eigenvalue weighted by molar-refractivity contribution is 5.33. The third-order valence-corrected chi connectivity index (χ3v) is 2.33. The lowest BCUT2D eigenvalue weighted by atomic mass is 10.1. The molecule has 2 N–H and O–H groups in total. The summed E-state index contributed by atoms with van der Waals surface area (Å²) in [6.07, 6.45) is 1.90. The molecular formula is C13H21NO2. The first-order chi connectivity index (χ1) is 7.88. The lowest BCUT2D eigenvalue weighted by Gasteiger charge is -2.10. The Kier molecular flexibility index (Phi) is 6.61. The Hall–Kier alpha value is -1.06. The van der Waals surface area contributed by atoms with Crippen molar-refractivity contribution in [3.05, 3.63) is 29.8 Å². The fourth-order valence-corrected chi connectivity index (χ4v) is 1.43. The van der Waals surface area contributed by atoms with Crippen LogP contribution in [0, 0.1) is 0 Å². The van der Waals surface area contributed by atoms with Crippen molar-refractivity contribution in [3.63, 3.8) is 0 Å². The van der Waals surface area contributed by atoms with Crippen LogP contribution in [0.15, 0.2) is 24.3 Å². The van der Waals surface area contributed by atoms with Gasteiger partial charge in [-0.25, -0.2) is 0 Å². The van der Waals surface area contributed by atoms with Gasteiger partial charge in [-0.15, -0.1) is 0 Å². The number of benzene rings is 1. The first-order valence-electron chi connectivity index (χ1n) is 5.87. The SMILES string of the molecule is CCc1ccccc1OCCOCCCN. The van der Waals surface area contributed by atoms with Gasteiger partial charge in [-0.2, -0.15) is 0 Å². The van der Waals surface area contributed by atoms with E-state index in [1.54, 1.807) is 0 Å². The van der Waals surface area contributed by atoms with E-state index in [-0.39, 0.29) is 0 Å². The van der Waals surface area contributed by atoms with Crippen molar-refractivity contribution in [3.8, 4) is 5.75 Å². The molecule has 1 aromatic carbocycles. The van der Waals surface area contributed by atoms with E-state index < -0.39 is 0 Å². The van der Waals surface area contributed by atoms with E-state index in [1.165, 1.54) is 5.56 Å². The van der Waals surface area contributed by atoms with E-state index >= 15 is 0 Å². The molecule has 0 radical (unpaired) electrons. The monoisotopic (exact) mass is 223 g/mol. The Morgan fingerprint density at radius 2 is 1.94 bits per heavy atom. The first-order valence-corrected chi connectivity index (χ1v) is 5.87. The predicted octanol–water partition coefficient (Wildman–Crippen LogP) is 1.99. The van der Waals surface area contributed by atoms with Crippen LogP contribution in [-0.2, 0) is 11.2 Å². The number of ether oxygens (including phenoxy) is 2. The maximum absolute atomic E-state index is 5.65. The first kappa shape index (κ1) is 13.0. The van der Waals surface area contributed by atoms with Crippen LogP contribution in [0.25, 0.3) is 0 Å². The van der Waals surface area contributed by atoms with Crippen molar-refractivity contribution >= 4 is 0 Å². The summed E-state index contributed by atoms with van der Waals surface area (Å²) in [4.78, 5) is 0. The smallest absolute Gasteiger partial charge is 0.122 e. The highest BCUT2D eigenvalue weighted by Crippen LogP contribution is 2.17. The van der Waals surface area contributed by atoms with Crippen LogP contribution in [0.1, 0.15) is 18.9 Å². The van der Waals surface area contributed by atoms with Gasteiger partial charge in [0, 0.05) is 6.61 Å². The summed E-state index contributed by atoms with van der Waals surface area (Å²) in [5.74, 6) is 0.965. The van der Waals surface area contributed by atoms with Crippen LogP contribution in [0.3, 0.4) is 0 Å². The van der Waals surface area contributed by atoms with Gasteiger partial charge >= 0.3 is 0 Å². The van der Waals surface area contributed by atoms with Gasteiger partial charge in [-0.3, -0.25) is 0 Å². The van der Waals surface area contributed by atoms with Gasteiger partial charge in [-0.1, -0.05) is 25.1 Å². The minimum Gasteiger partial charge on any atom is -0.491 e. The van der Waals surface area contributed by atoms with Crippen molar-refractivity contribution in [2.24, 2.45) is 5.73 Å². The molecule has 90 valence electrons. The van der Waals surface area contributed by atoms with Crippen molar-refractivity contribution in [2.45, 2.75) is 19.8 Å². The zero-order valence-corrected chi connectivity index (χ0v) is 9.95. The van der Waals surface area contributed by atoms with Gasteiger partial charge in [0.25, 0.3) is 0 Å². The predicted molar refractivity (Wildman–Crippen MR) is 65.8 cm³/mol. The molecule has 0 aromatic heterocycles. The summed E-state index contributed by atoms with van der Waals surface area (Å²) >= 11 is 0. The van der Waals surface area contributed by atoms with Gasteiger partial charge < -0.3 is 15.2 Å². The average molecular weight is 223 g/mol. The molecule has 0 bridgehead atoms. The van der Waals surface area contributed by atoms with Crippen molar-refractivity contribution in [2.75, 3.05) is 26.4 Å². The maximum atomic E-state index is 5.65. The van der Waals surface area contributed by atoms with Crippen molar-refractivity contribution in [1.29, 1.82) is 0 Å². The zero-order chi connectivity index (χ0) is 11.6. The Morgan fingerprint density at radius 3 is 2.69 bits per heavy atom. The molecule has 0 saturated carbocycles. The van der Waals surface area contributed by atoms with E-state index in [0.29, 0.717) is 19.8 Å². The van der Waals surface area contributed by atoms with Gasteiger partial charge in [0.2, 0.25) is 0 Å². The lowest BCUT2D eigenvalue weighted by Crippen LogP contribution is -2.10. The van der Waals surface area contributed by atoms with E-state index in [2.05, 4.69) is 13.0 Å². The topological polar surface area (TPSA) is 44.5 Å². The zero-order valence-electron chi connectivity index (χ0n) is 9.95. The Labute approximate surface area is 97.6 Å². The number of aryl methyl sites for hydroxylation is 1. The van der Waals surface area contributed by atoms with E-state index in [4.69, 9.17) is 15.2 Å². The fraction of sp³-hybridized carbons (Fsp3) is 0.538. The van der Waals surface area contributed by atoms with E-state index in [9.17, 15) is 0 Å². The lowest BCUT2D eigenvalue weighted by molar-refractivity contribution is 0.0991.